The van der Waals surface area contributed by atoms with Crippen LogP contribution in [0.5, 0.6) is 17.2 Å². The van der Waals surface area contributed by atoms with E-state index < -0.39 is 6.04 Å². The molecule has 2 N–H and O–H groups in total. The van der Waals surface area contributed by atoms with E-state index >= 15 is 0 Å². The van der Waals surface area contributed by atoms with Crippen molar-refractivity contribution in [1.29, 1.82) is 0 Å². The molecular weight excluding hydrogens is 502 g/mol. The van der Waals surface area contributed by atoms with Gasteiger partial charge in [0.05, 0.1) is 19.3 Å². The molecule has 2 heterocycles. The molecule has 7 nitrogen and oxygen atoms in total. The maximum absolute atomic E-state index is 13.9. The molecule has 0 saturated carbocycles. The van der Waals surface area contributed by atoms with Gasteiger partial charge in [-0.25, -0.2) is 0 Å². The zero-order valence-corrected chi connectivity index (χ0v) is 23.7. The fraction of sp³-hybridized carbons (Fsp3) is 0.333. The molecule has 5 rings (SSSR count). The summed E-state index contributed by atoms with van der Waals surface area (Å²) in [5, 5.41) is 18.6. The summed E-state index contributed by atoms with van der Waals surface area (Å²) in [6, 6.07) is 19.2. The molecule has 7 heteroatoms. The van der Waals surface area contributed by atoms with E-state index in [1.807, 2.05) is 80.3 Å². The SMILES string of the molecule is CCCCCOc1ccc(C2c3c(-c4c(C)cc(C)cc4O)n[nH]c3C(=O)N2Cc2ccccc2)cc1OCC. The molecule has 0 saturated heterocycles. The second kappa shape index (κ2) is 11.9. The molecule has 1 atom stereocenters. The summed E-state index contributed by atoms with van der Waals surface area (Å²) in [6.07, 6.45) is 3.21. The van der Waals surface area contributed by atoms with Gasteiger partial charge in [-0.2, -0.15) is 5.10 Å². The second-order valence-electron chi connectivity index (χ2n) is 10.4. The van der Waals surface area contributed by atoms with E-state index in [1.165, 1.54) is 0 Å². The number of carbonyl (C=O) groups excluding carboxylic acids is 1. The molecule has 3 aromatic carbocycles. The third kappa shape index (κ3) is 5.28. The molecule has 1 unspecified atom stereocenters. The van der Waals surface area contributed by atoms with Gasteiger partial charge in [-0.15, -0.1) is 0 Å². The fourth-order valence-corrected chi connectivity index (χ4v) is 5.55. The Morgan fingerprint density at radius 3 is 2.50 bits per heavy atom. The second-order valence-corrected chi connectivity index (χ2v) is 10.4. The van der Waals surface area contributed by atoms with Crippen molar-refractivity contribution in [2.24, 2.45) is 0 Å². The first-order chi connectivity index (χ1) is 19.4. The third-order valence-electron chi connectivity index (χ3n) is 7.34. The summed E-state index contributed by atoms with van der Waals surface area (Å²) in [5.74, 6) is 1.35. The smallest absolute Gasteiger partial charge is 0.273 e. The molecule has 1 amide bonds. The lowest BCUT2D eigenvalue weighted by molar-refractivity contribution is 0.0729. The van der Waals surface area contributed by atoms with Crippen molar-refractivity contribution >= 4 is 5.91 Å². The highest BCUT2D eigenvalue weighted by Crippen LogP contribution is 2.47. The minimum absolute atomic E-state index is 0.135. The molecule has 0 spiro atoms. The number of aryl methyl sites for hydroxylation is 2. The highest BCUT2D eigenvalue weighted by atomic mass is 16.5. The number of fused-ring (bicyclic) bond motifs is 1. The van der Waals surface area contributed by atoms with Gasteiger partial charge in [-0.3, -0.25) is 9.89 Å². The summed E-state index contributed by atoms with van der Waals surface area (Å²) in [4.78, 5) is 15.7. The zero-order valence-electron chi connectivity index (χ0n) is 23.7. The summed E-state index contributed by atoms with van der Waals surface area (Å²) >= 11 is 0. The number of aromatic nitrogens is 2. The number of hydrogen-bond donors (Lipinski definition) is 2. The Morgan fingerprint density at radius 1 is 0.975 bits per heavy atom. The van der Waals surface area contributed by atoms with Crippen molar-refractivity contribution in [3.8, 4) is 28.5 Å². The first-order valence-corrected chi connectivity index (χ1v) is 14.1. The van der Waals surface area contributed by atoms with Crippen LogP contribution in [0.2, 0.25) is 0 Å². The first-order valence-electron chi connectivity index (χ1n) is 14.1. The van der Waals surface area contributed by atoms with Gasteiger partial charge in [0.25, 0.3) is 5.91 Å². The summed E-state index contributed by atoms with van der Waals surface area (Å²) in [7, 11) is 0. The van der Waals surface area contributed by atoms with Crippen LogP contribution in [0.1, 0.15) is 77.5 Å². The zero-order chi connectivity index (χ0) is 28.2. The Bertz CT molecular complexity index is 1470. The van der Waals surface area contributed by atoms with E-state index in [1.54, 1.807) is 6.07 Å². The lowest BCUT2D eigenvalue weighted by Gasteiger charge is -2.27. The van der Waals surface area contributed by atoms with Crippen LogP contribution in [-0.2, 0) is 6.54 Å². The van der Waals surface area contributed by atoms with Crippen LogP contribution in [0.4, 0.5) is 0 Å². The number of H-pyrrole nitrogens is 1. The standard InChI is InChI=1S/C33H37N3O4/c1-5-7-11-16-40-26-15-14-24(19-27(26)39-6-2)32-29-30(28-22(4)17-21(3)18-25(28)37)34-35-31(29)33(38)36(32)20-23-12-9-8-10-13-23/h8-10,12-15,17-19,32,37H,5-7,11,16,20H2,1-4H3,(H,34,35). The quantitative estimate of drug-likeness (QED) is 0.198. The number of phenols is 1. The lowest BCUT2D eigenvalue weighted by atomic mass is 9.93. The number of carbonyl (C=O) groups is 1. The number of phenolic OH excluding ortho intramolecular Hbond substituents is 1. The van der Waals surface area contributed by atoms with E-state index in [0.717, 1.165) is 47.1 Å². The number of ether oxygens (including phenoxy) is 2. The molecule has 208 valence electrons. The highest BCUT2D eigenvalue weighted by Gasteiger charge is 2.43. The van der Waals surface area contributed by atoms with Crippen molar-refractivity contribution < 1.29 is 19.4 Å². The molecule has 0 fully saturated rings. The molecule has 40 heavy (non-hydrogen) atoms. The minimum Gasteiger partial charge on any atom is -0.507 e. The van der Waals surface area contributed by atoms with Crippen LogP contribution < -0.4 is 9.47 Å². The monoisotopic (exact) mass is 539 g/mol. The van der Waals surface area contributed by atoms with Gasteiger partial charge in [0.2, 0.25) is 0 Å². The topological polar surface area (TPSA) is 87.7 Å². The lowest BCUT2D eigenvalue weighted by Crippen LogP contribution is -2.29. The Hall–Kier alpha value is -4.26. The molecule has 4 aromatic rings. The number of aromatic hydroxyl groups is 1. The van der Waals surface area contributed by atoms with Crippen LogP contribution in [0.25, 0.3) is 11.3 Å². The first kappa shape index (κ1) is 27.3. The largest absolute Gasteiger partial charge is 0.507 e. The normalized spacial score (nSPS) is 14.4. The molecule has 0 radical (unpaired) electrons. The predicted molar refractivity (Wildman–Crippen MR) is 156 cm³/mol. The van der Waals surface area contributed by atoms with Gasteiger partial charge >= 0.3 is 0 Å². The molecular formula is C33H37N3O4. The Labute approximate surface area is 235 Å². The number of unbranched alkanes of at least 4 members (excludes halogenated alkanes) is 2. The van der Waals surface area contributed by atoms with Crippen molar-refractivity contribution in [3.63, 3.8) is 0 Å². The Balaban J connectivity index is 1.62. The Kier molecular flexibility index (Phi) is 8.10. The van der Waals surface area contributed by atoms with Crippen molar-refractivity contribution in [3.05, 3.63) is 94.2 Å². The van der Waals surface area contributed by atoms with E-state index in [2.05, 4.69) is 17.1 Å². The van der Waals surface area contributed by atoms with Gasteiger partial charge < -0.3 is 19.5 Å². The van der Waals surface area contributed by atoms with E-state index in [0.29, 0.717) is 48.2 Å². The summed E-state index contributed by atoms with van der Waals surface area (Å²) in [6.45, 7) is 9.55. The fourth-order valence-electron chi connectivity index (χ4n) is 5.55. The number of nitrogens with zero attached hydrogens (tertiary/aromatic N) is 2. The number of hydrogen-bond acceptors (Lipinski definition) is 5. The molecule has 0 bridgehead atoms. The van der Waals surface area contributed by atoms with Crippen molar-refractivity contribution in [1.82, 2.24) is 15.1 Å². The van der Waals surface area contributed by atoms with Gasteiger partial charge in [0, 0.05) is 17.7 Å². The molecule has 1 aromatic heterocycles. The molecule has 1 aliphatic rings. The van der Waals surface area contributed by atoms with Crippen molar-refractivity contribution in [2.45, 2.75) is 59.5 Å². The van der Waals surface area contributed by atoms with Crippen LogP contribution in [0.3, 0.4) is 0 Å². The van der Waals surface area contributed by atoms with Crippen LogP contribution in [0.15, 0.2) is 60.7 Å². The van der Waals surface area contributed by atoms with E-state index in [-0.39, 0.29) is 11.7 Å². The van der Waals surface area contributed by atoms with Crippen LogP contribution in [-0.4, -0.2) is 39.3 Å². The number of rotatable bonds is 11. The van der Waals surface area contributed by atoms with Crippen molar-refractivity contribution in [2.75, 3.05) is 13.2 Å². The van der Waals surface area contributed by atoms with Crippen LogP contribution >= 0.6 is 0 Å². The molecule has 0 aliphatic carbocycles. The van der Waals surface area contributed by atoms with Gasteiger partial charge in [0.15, 0.2) is 11.5 Å². The van der Waals surface area contributed by atoms with Crippen LogP contribution in [0, 0.1) is 13.8 Å². The predicted octanol–water partition coefficient (Wildman–Crippen LogP) is 7.11. The number of benzene rings is 3. The average Bonchev–Trinajstić information content (AvgIpc) is 3.46. The maximum atomic E-state index is 13.9. The summed E-state index contributed by atoms with van der Waals surface area (Å²) < 4.78 is 12.1. The van der Waals surface area contributed by atoms with Gasteiger partial charge in [-0.05, 0) is 67.6 Å². The number of amides is 1. The average molecular weight is 540 g/mol. The van der Waals surface area contributed by atoms with E-state index in [4.69, 9.17) is 9.47 Å². The van der Waals surface area contributed by atoms with Gasteiger partial charge in [-0.1, -0.05) is 62.2 Å². The highest BCUT2D eigenvalue weighted by molar-refractivity contribution is 6.00. The third-order valence-corrected chi connectivity index (χ3v) is 7.34. The summed E-state index contributed by atoms with van der Waals surface area (Å²) in [5.41, 5.74) is 6.16. The number of nitrogens with one attached hydrogen (secondary N) is 1. The maximum Gasteiger partial charge on any atom is 0.273 e. The Morgan fingerprint density at radius 2 is 1.77 bits per heavy atom. The van der Waals surface area contributed by atoms with Gasteiger partial charge in [0.1, 0.15) is 17.1 Å². The number of aromatic amines is 1. The van der Waals surface area contributed by atoms with E-state index in [9.17, 15) is 9.90 Å². The minimum atomic E-state index is -0.440. The molecule has 1 aliphatic heterocycles.